The maximum Gasteiger partial charge on any atom is 0.265 e. The second-order valence-electron chi connectivity index (χ2n) is 8.17. The SMILES string of the molecule is CCCC[C@@H](CC)CNC(=S)N1C[C@H](C(=O)N2CCCCC2)Oc2ccccc21. The van der Waals surface area contributed by atoms with Gasteiger partial charge in [-0.25, -0.2) is 0 Å². The van der Waals surface area contributed by atoms with Crippen molar-refractivity contribution in [2.75, 3.05) is 31.1 Å². The number of fused-ring (bicyclic) bond motifs is 1. The van der Waals surface area contributed by atoms with Crippen molar-refractivity contribution >= 4 is 28.9 Å². The Morgan fingerprint density at radius 3 is 2.72 bits per heavy atom. The average Bonchev–Trinajstić information content (AvgIpc) is 2.78. The van der Waals surface area contributed by atoms with Gasteiger partial charge in [0.05, 0.1) is 12.2 Å². The minimum absolute atomic E-state index is 0.0846. The summed E-state index contributed by atoms with van der Waals surface area (Å²) in [5, 5.41) is 4.16. The molecular weight excluding hydrogens is 382 g/mol. The number of piperidine rings is 1. The number of ether oxygens (including phenoxy) is 1. The molecule has 2 atom stereocenters. The minimum Gasteiger partial charge on any atom is -0.476 e. The largest absolute Gasteiger partial charge is 0.476 e. The summed E-state index contributed by atoms with van der Waals surface area (Å²) in [6.07, 6.45) is 7.69. The molecule has 2 aliphatic rings. The van der Waals surface area contributed by atoms with Crippen LogP contribution in [0.2, 0.25) is 0 Å². The molecule has 1 fully saturated rings. The molecule has 5 nitrogen and oxygen atoms in total. The number of likely N-dealkylation sites (tertiary alicyclic amines) is 1. The summed E-state index contributed by atoms with van der Waals surface area (Å²) >= 11 is 5.76. The number of nitrogens with one attached hydrogen (secondary N) is 1. The van der Waals surface area contributed by atoms with E-state index >= 15 is 0 Å². The molecule has 0 saturated carbocycles. The number of thiocarbonyl (C=S) groups is 1. The summed E-state index contributed by atoms with van der Waals surface area (Å²) in [6.45, 7) is 7.47. The van der Waals surface area contributed by atoms with Crippen LogP contribution in [-0.4, -0.2) is 48.2 Å². The molecule has 1 amide bonds. The van der Waals surface area contributed by atoms with Gasteiger partial charge in [0.25, 0.3) is 5.91 Å². The number of carbonyl (C=O) groups is 1. The van der Waals surface area contributed by atoms with E-state index in [1.807, 2.05) is 34.1 Å². The van der Waals surface area contributed by atoms with Crippen LogP contribution in [0.15, 0.2) is 24.3 Å². The number of hydrogen-bond acceptors (Lipinski definition) is 3. The number of anilines is 1. The number of carbonyl (C=O) groups excluding carboxylic acids is 1. The lowest BCUT2D eigenvalue weighted by atomic mass is 9.99. The maximum atomic E-state index is 13.1. The van der Waals surface area contributed by atoms with Gasteiger partial charge in [-0.2, -0.15) is 0 Å². The first-order valence-corrected chi connectivity index (χ1v) is 11.6. The number of rotatable bonds is 7. The van der Waals surface area contributed by atoms with Crippen LogP contribution in [0, 0.1) is 5.92 Å². The van der Waals surface area contributed by atoms with Crippen molar-refractivity contribution in [2.45, 2.75) is 64.9 Å². The van der Waals surface area contributed by atoms with Crippen molar-refractivity contribution in [1.82, 2.24) is 10.2 Å². The Bertz CT molecular complexity index is 690. The van der Waals surface area contributed by atoms with Crippen molar-refractivity contribution in [3.05, 3.63) is 24.3 Å². The number of unbranched alkanes of at least 4 members (excludes halogenated alkanes) is 1. The Balaban J connectivity index is 1.69. The molecule has 3 rings (SSSR count). The molecule has 1 saturated heterocycles. The van der Waals surface area contributed by atoms with Gasteiger partial charge in [-0.15, -0.1) is 0 Å². The molecule has 0 unspecified atom stereocenters. The molecule has 6 heteroatoms. The van der Waals surface area contributed by atoms with Gasteiger partial charge in [-0.05, 0) is 56.0 Å². The highest BCUT2D eigenvalue weighted by Crippen LogP contribution is 2.34. The van der Waals surface area contributed by atoms with E-state index in [-0.39, 0.29) is 5.91 Å². The van der Waals surface area contributed by atoms with Crippen molar-refractivity contribution in [3.8, 4) is 5.75 Å². The first-order chi connectivity index (χ1) is 14.1. The normalized spacial score (nSPS) is 19.9. The van der Waals surface area contributed by atoms with E-state index in [9.17, 15) is 4.79 Å². The Morgan fingerprint density at radius 1 is 1.24 bits per heavy atom. The van der Waals surface area contributed by atoms with Crippen molar-refractivity contribution in [3.63, 3.8) is 0 Å². The van der Waals surface area contributed by atoms with Crippen LogP contribution in [0.5, 0.6) is 5.75 Å². The first kappa shape index (κ1) is 21.9. The first-order valence-electron chi connectivity index (χ1n) is 11.2. The molecule has 1 aromatic carbocycles. The Morgan fingerprint density at radius 2 is 2.00 bits per heavy atom. The van der Waals surface area contributed by atoms with E-state index in [4.69, 9.17) is 17.0 Å². The van der Waals surface area contributed by atoms with E-state index in [1.165, 1.54) is 25.7 Å². The fourth-order valence-corrected chi connectivity index (χ4v) is 4.40. The minimum atomic E-state index is -0.509. The molecule has 0 bridgehead atoms. The third-order valence-corrected chi connectivity index (χ3v) is 6.41. The van der Waals surface area contributed by atoms with Crippen molar-refractivity contribution < 1.29 is 9.53 Å². The van der Waals surface area contributed by atoms with E-state index in [0.29, 0.717) is 17.6 Å². The Kier molecular flexibility index (Phi) is 8.16. The average molecular weight is 418 g/mol. The molecule has 2 aliphatic heterocycles. The van der Waals surface area contributed by atoms with E-state index in [0.717, 1.165) is 50.3 Å². The van der Waals surface area contributed by atoms with Crippen LogP contribution in [-0.2, 0) is 4.79 Å². The summed E-state index contributed by atoms with van der Waals surface area (Å²) in [4.78, 5) is 17.1. The molecule has 1 N–H and O–H groups in total. The standard InChI is InChI=1S/C23H35N3O2S/c1-3-5-11-18(4-2)16-24-23(29)26-17-21(22(27)25-14-9-6-10-15-25)28-20-13-8-7-12-19(20)26/h7-8,12-13,18,21H,3-6,9-11,14-17H2,1-2H3,(H,24,29)/t18-,21-/m1/s1. The lowest BCUT2D eigenvalue weighted by molar-refractivity contribution is -0.139. The molecule has 29 heavy (non-hydrogen) atoms. The second kappa shape index (κ2) is 10.8. The van der Waals surface area contributed by atoms with Crippen LogP contribution < -0.4 is 15.0 Å². The highest BCUT2D eigenvalue weighted by Gasteiger charge is 2.35. The predicted molar refractivity (Wildman–Crippen MR) is 123 cm³/mol. The fourth-order valence-electron chi connectivity index (χ4n) is 4.14. The third-order valence-electron chi connectivity index (χ3n) is 6.05. The van der Waals surface area contributed by atoms with E-state index in [1.54, 1.807) is 0 Å². The zero-order valence-corrected chi connectivity index (χ0v) is 18.7. The number of para-hydroxylation sites is 2. The zero-order valence-electron chi connectivity index (χ0n) is 17.9. The quantitative estimate of drug-likeness (QED) is 0.668. The summed E-state index contributed by atoms with van der Waals surface area (Å²) in [5.41, 5.74) is 0.939. The monoisotopic (exact) mass is 417 g/mol. The predicted octanol–water partition coefficient (Wildman–Crippen LogP) is 4.36. The number of benzene rings is 1. The van der Waals surface area contributed by atoms with Crippen molar-refractivity contribution in [2.24, 2.45) is 5.92 Å². The van der Waals surface area contributed by atoms with Gasteiger partial charge in [0.2, 0.25) is 0 Å². The van der Waals surface area contributed by atoms with Gasteiger partial charge in [0.1, 0.15) is 5.75 Å². The molecule has 2 heterocycles. The van der Waals surface area contributed by atoms with Crippen LogP contribution in [0.3, 0.4) is 0 Å². The Hall–Kier alpha value is -1.82. The van der Waals surface area contributed by atoms with E-state index < -0.39 is 6.10 Å². The highest BCUT2D eigenvalue weighted by molar-refractivity contribution is 7.80. The molecule has 0 radical (unpaired) electrons. The Labute approximate surface area is 180 Å². The van der Waals surface area contributed by atoms with Gasteiger partial charge >= 0.3 is 0 Å². The summed E-state index contributed by atoms with van der Waals surface area (Å²) < 4.78 is 6.11. The lowest BCUT2D eigenvalue weighted by Crippen LogP contribution is -2.54. The zero-order chi connectivity index (χ0) is 20.6. The molecule has 1 aromatic rings. The van der Waals surface area contributed by atoms with Crippen LogP contribution >= 0.6 is 12.2 Å². The van der Waals surface area contributed by atoms with E-state index in [2.05, 4.69) is 19.2 Å². The fraction of sp³-hybridized carbons (Fsp3) is 0.652. The molecule has 0 aliphatic carbocycles. The maximum absolute atomic E-state index is 13.1. The van der Waals surface area contributed by atoms with Gasteiger partial charge in [-0.1, -0.05) is 45.2 Å². The smallest absolute Gasteiger partial charge is 0.265 e. The van der Waals surface area contributed by atoms with Crippen molar-refractivity contribution in [1.29, 1.82) is 0 Å². The second-order valence-corrected chi connectivity index (χ2v) is 8.56. The van der Waals surface area contributed by atoms with Gasteiger partial charge in [0, 0.05) is 19.6 Å². The number of hydrogen-bond donors (Lipinski definition) is 1. The summed E-state index contributed by atoms with van der Waals surface area (Å²) in [6, 6.07) is 7.87. The summed E-state index contributed by atoms with van der Waals surface area (Å²) in [7, 11) is 0. The number of amides is 1. The summed E-state index contributed by atoms with van der Waals surface area (Å²) in [5.74, 6) is 1.44. The van der Waals surface area contributed by atoms with Crippen LogP contribution in [0.25, 0.3) is 0 Å². The lowest BCUT2D eigenvalue weighted by Gasteiger charge is -2.38. The number of nitrogens with zero attached hydrogens (tertiary/aromatic N) is 2. The van der Waals surface area contributed by atoms with Gasteiger partial charge < -0.3 is 19.9 Å². The topological polar surface area (TPSA) is 44.8 Å². The van der Waals surface area contributed by atoms with Crippen LogP contribution in [0.4, 0.5) is 5.69 Å². The van der Waals surface area contributed by atoms with Crippen LogP contribution in [0.1, 0.15) is 58.8 Å². The van der Waals surface area contributed by atoms with Gasteiger partial charge in [0.15, 0.2) is 11.2 Å². The van der Waals surface area contributed by atoms with Gasteiger partial charge in [-0.3, -0.25) is 4.79 Å². The molecule has 160 valence electrons. The molecule has 0 aromatic heterocycles. The molecule has 0 spiro atoms. The third kappa shape index (κ3) is 5.62. The highest BCUT2D eigenvalue weighted by atomic mass is 32.1. The molecular formula is C23H35N3O2S.